The van der Waals surface area contributed by atoms with Gasteiger partial charge in [-0.1, -0.05) is 107 Å². The van der Waals surface area contributed by atoms with E-state index in [0.717, 1.165) is 33.7 Å². The average molecular weight is 870 g/mol. The molecule has 0 fully saturated rings. The largest absolute Gasteiger partial charge is 0.333 e. The molecule has 0 aliphatic heterocycles. The van der Waals surface area contributed by atoms with Gasteiger partial charge >= 0.3 is 0 Å². The summed E-state index contributed by atoms with van der Waals surface area (Å²) in [6.45, 7) is 9.16. The van der Waals surface area contributed by atoms with Crippen molar-refractivity contribution in [2.24, 2.45) is 0 Å². The van der Waals surface area contributed by atoms with Crippen molar-refractivity contribution in [3.63, 3.8) is 0 Å². The van der Waals surface area contributed by atoms with Crippen molar-refractivity contribution in [3.05, 3.63) is 187 Å². The number of para-hydroxylation sites is 2. The van der Waals surface area contributed by atoms with E-state index in [0.29, 0.717) is 11.8 Å². The molecule has 6 aromatic carbocycles. The molecule has 8 aromatic rings. The van der Waals surface area contributed by atoms with Crippen LogP contribution in [0.15, 0.2) is 158 Å². The molecule has 3 nitrogen and oxygen atoms in total. The van der Waals surface area contributed by atoms with Gasteiger partial charge in [-0.25, -0.2) is 0 Å². The second kappa shape index (κ2) is 16.9. The Morgan fingerprint density at radius 1 is 0.585 bits per heavy atom. The number of aromatic nitrogens is 3. The van der Waals surface area contributed by atoms with E-state index in [2.05, 4.69) is 153 Å². The molecular weight excluding hydrogens is 830 g/mol. The van der Waals surface area contributed by atoms with E-state index < -0.39 is 0 Å². The predicted octanol–water partition coefficient (Wildman–Crippen LogP) is 12.8. The Labute approximate surface area is 325 Å². The number of hydrogen-bond donors (Lipinski definition) is 0. The summed E-state index contributed by atoms with van der Waals surface area (Å²) in [5, 5.41) is 0. The van der Waals surface area contributed by atoms with Crippen LogP contribution in [0.25, 0.3) is 61.6 Å². The first-order chi connectivity index (χ1) is 25.4. The van der Waals surface area contributed by atoms with Gasteiger partial charge in [0.2, 0.25) is 0 Å². The van der Waals surface area contributed by atoms with Gasteiger partial charge in [0, 0.05) is 37.8 Å². The number of halogens is 1. The predicted molar refractivity (Wildman–Crippen MR) is 213 cm³/mol. The fraction of sp³-hybridized carbons (Fsp3) is 0.125. The van der Waals surface area contributed by atoms with Gasteiger partial charge in [0.15, 0.2) is 0 Å². The van der Waals surface area contributed by atoms with E-state index in [1.165, 1.54) is 51.2 Å². The third-order valence-electron chi connectivity index (χ3n) is 9.19. The summed E-state index contributed by atoms with van der Waals surface area (Å²) in [6.07, 6.45) is 1.70. The molecule has 5 heteroatoms. The van der Waals surface area contributed by atoms with Crippen LogP contribution >= 0.6 is 0 Å². The monoisotopic (exact) mass is 870 g/mol. The molecule has 0 spiro atoms. The SMILES string of the molecule is CC(C)c1cc(-c2ccc(-c3ccccc3)cc2)cc(C(C)C)c1-n1c(-c2[c-]cccc2)nc2ccccc21.Fc1c[c-]c(-c2ccccn2)cc1.[Ir]. The summed E-state index contributed by atoms with van der Waals surface area (Å²) in [7, 11) is 0. The van der Waals surface area contributed by atoms with E-state index in [9.17, 15) is 4.39 Å². The summed E-state index contributed by atoms with van der Waals surface area (Å²) in [5.41, 5.74) is 13.6. The number of fused-ring (bicyclic) bond motifs is 1. The van der Waals surface area contributed by atoms with Gasteiger partial charge in [0.1, 0.15) is 0 Å². The molecule has 8 rings (SSSR count). The van der Waals surface area contributed by atoms with Crippen LogP contribution in [0.5, 0.6) is 0 Å². The molecule has 0 aliphatic carbocycles. The Bertz CT molecular complexity index is 2360. The average Bonchev–Trinajstić information content (AvgIpc) is 3.58. The van der Waals surface area contributed by atoms with E-state index in [4.69, 9.17) is 4.98 Å². The topological polar surface area (TPSA) is 30.7 Å². The van der Waals surface area contributed by atoms with Crippen molar-refractivity contribution in [1.29, 1.82) is 0 Å². The number of rotatable bonds is 7. The molecular formula is C48H40FIrN3-2. The minimum absolute atomic E-state index is 0. The van der Waals surface area contributed by atoms with E-state index >= 15 is 0 Å². The van der Waals surface area contributed by atoms with Crippen molar-refractivity contribution in [2.75, 3.05) is 0 Å². The second-order valence-corrected chi connectivity index (χ2v) is 13.4. The fourth-order valence-corrected chi connectivity index (χ4v) is 6.52. The van der Waals surface area contributed by atoms with Crippen LogP contribution in [-0.4, -0.2) is 14.5 Å². The van der Waals surface area contributed by atoms with Gasteiger partial charge in [-0.2, -0.15) is 0 Å². The van der Waals surface area contributed by atoms with E-state index in [-0.39, 0.29) is 25.9 Å². The summed E-state index contributed by atoms with van der Waals surface area (Å²) in [6, 6.07) is 57.1. The van der Waals surface area contributed by atoms with Gasteiger partial charge < -0.3 is 9.55 Å². The van der Waals surface area contributed by atoms with Crippen LogP contribution in [-0.2, 0) is 20.1 Å². The van der Waals surface area contributed by atoms with Crippen LogP contribution in [0.2, 0.25) is 0 Å². The zero-order valence-electron chi connectivity index (χ0n) is 30.2. The van der Waals surface area contributed by atoms with Gasteiger partial charge in [-0.15, -0.1) is 65.7 Å². The Morgan fingerprint density at radius 2 is 1.21 bits per heavy atom. The number of imidazole rings is 1. The summed E-state index contributed by atoms with van der Waals surface area (Å²) in [4.78, 5) is 9.24. The Morgan fingerprint density at radius 3 is 1.81 bits per heavy atom. The van der Waals surface area contributed by atoms with Crippen LogP contribution in [0, 0.1) is 17.9 Å². The van der Waals surface area contributed by atoms with Crippen molar-refractivity contribution < 1.29 is 24.5 Å². The second-order valence-electron chi connectivity index (χ2n) is 13.4. The van der Waals surface area contributed by atoms with Crippen LogP contribution < -0.4 is 0 Å². The van der Waals surface area contributed by atoms with E-state index in [1.807, 2.05) is 30.3 Å². The minimum Gasteiger partial charge on any atom is -0.333 e. The Balaban J connectivity index is 0.000000289. The zero-order chi connectivity index (χ0) is 36.0. The van der Waals surface area contributed by atoms with Crippen molar-refractivity contribution in [1.82, 2.24) is 14.5 Å². The first kappa shape index (κ1) is 37.3. The van der Waals surface area contributed by atoms with Gasteiger partial charge in [0.05, 0.1) is 16.9 Å². The number of pyridine rings is 1. The maximum absolute atomic E-state index is 12.6. The van der Waals surface area contributed by atoms with Gasteiger partial charge in [0.25, 0.3) is 0 Å². The third kappa shape index (κ3) is 8.28. The first-order valence-electron chi connectivity index (χ1n) is 17.7. The molecule has 0 bridgehead atoms. The molecule has 0 aliphatic rings. The van der Waals surface area contributed by atoms with Crippen LogP contribution in [0.4, 0.5) is 4.39 Å². The molecule has 2 aromatic heterocycles. The Kier molecular flexibility index (Phi) is 11.9. The maximum Gasteiger partial charge on any atom is 0.0774 e. The summed E-state index contributed by atoms with van der Waals surface area (Å²) in [5.74, 6) is 1.31. The van der Waals surface area contributed by atoms with Crippen molar-refractivity contribution in [3.8, 4) is 50.6 Å². The molecule has 0 amide bonds. The van der Waals surface area contributed by atoms with Gasteiger partial charge in [-0.3, -0.25) is 9.37 Å². The molecule has 53 heavy (non-hydrogen) atoms. The first-order valence-corrected chi connectivity index (χ1v) is 17.7. The summed E-state index contributed by atoms with van der Waals surface area (Å²) >= 11 is 0. The van der Waals surface area contributed by atoms with Gasteiger partial charge in [-0.05, 0) is 81.2 Å². The smallest absolute Gasteiger partial charge is 0.0774 e. The summed E-state index contributed by atoms with van der Waals surface area (Å²) < 4.78 is 14.9. The molecule has 0 saturated heterocycles. The number of hydrogen-bond acceptors (Lipinski definition) is 2. The minimum atomic E-state index is -0.278. The zero-order valence-corrected chi connectivity index (χ0v) is 32.6. The number of benzene rings is 6. The maximum atomic E-state index is 12.6. The Hall–Kier alpha value is -5.48. The standard InChI is InChI=1S/C37H33N2.C11H7FN.Ir/c1-25(2)32-23-31(29-21-19-28(20-22-29)27-13-7-5-8-14-27)24-33(26(3)4)36(32)39-35-18-12-11-17-34(35)38-37(39)30-15-9-6-10-16-30;12-10-6-4-9(5-7-10)11-3-1-2-8-13-11;/h5-15,17-26H,1-4H3;1-4,6-8H;/q2*-1;. The quantitative estimate of drug-likeness (QED) is 0.149. The normalized spacial score (nSPS) is 10.9. The molecule has 0 N–H and O–H groups in total. The molecule has 0 atom stereocenters. The fourth-order valence-electron chi connectivity index (χ4n) is 6.52. The molecule has 265 valence electrons. The van der Waals surface area contributed by atoms with Crippen LogP contribution in [0.3, 0.4) is 0 Å². The van der Waals surface area contributed by atoms with Crippen LogP contribution in [0.1, 0.15) is 50.7 Å². The molecule has 2 heterocycles. The molecule has 0 saturated carbocycles. The number of nitrogens with zero attached hydrogens (tertiary/aromatic N) is 3. The van der Waals surface area contributed by atoms with Crippen molar-refractivity contribution >= 4 is 11.0 Å². The van der Waals surface area contributed by atoms with E-state index in [1.54, 1.807) is 12.3 Å². The van der Waals surface area contributed by atoms with Crippen molar-refractivity contribution in [2.45, 2.75) is 39.5 Å². The molecule has 1 radical (unpaired) electrons. The third-order valence-corrected chi connectivity index (χ3v) is 9.19. The molecule has 0 unspecified atom stereocenters.